The van der Waals surface area contributed by atoms with Gasteiger partial charge in [0.1, 0.15) is 10.6 Å². The number of thiazole rings is 1. The number of likely N-dealkylation sites (tertiary alicyclic amines) is 1. The predicted molar refractivity (Wildman–Crippen MR) is 98.8 cm³/mol. The van der Waals surface area contributed by atoms with Gasteiger partial charge in [-0.05, 0) is 37.1 Å². The second-order valence-corrected chi connectivity index (χ2v) is 7.39. The highest BCUT2D eigenvalue weighted by molar-refractivity contribution is 7.18. The van der Waals surface area contributed by atoms with E-state index in [1.165, 1.54) is 4.70 Å². The van der Waals surface area contributed by atoms with E-state index in [1.807, 2.05) is 53.4 Å². The Morgan fingerprint density at radius 1 is 1.16 bits per heavy atom. The van der Waals surface area contributed by atoms with Gasteiger partial charge in [0.15, 0.2) is 5.76 Å². The molecular formula is C20H16N2O2S. The van der Waals surface area contributed by atoms with Crippen molar-refractivity contribution in [3.8, 4) is 0 Å². The van der Waals surface area contributed by atoms with Crippen LogP contribution >= 0.6 is 11.3 Å². The van der Waals surface area contributed by atoms with Gasteiger partial charge in [-0.1, -0.05) is 30.3 Å². The van der Waals surface area contributed by atoms with E-state index in [9.17, 15) is 4.79 Å². The van der Waals surface area contributed by atoms with E-state index in [0.29, 0.717) is 5.76 Å². The van der Waals surface area contributed by atoms with Crippen LogP contribution in [0.4, 0.5) is 0 Å². The Balaban J connectivity index is 1.50. The molecule has 1 amide bonds. The molecule has 0 radical (unpaired) electrons. The highest BCUT2D eigenvalue weighted by Crippen LogP contribution is 2.37. The van der Waals surface area contributed by atoms with Crippen LogP contribution in [0.15, 0.2) is 59.0 Å². The van der Waals surface area contributed by atoms with Crippen molar-refractivity contribution in [3.05, 3.63) is 65.4 Å². The Bertz CT molecular complexity index is 1020. The number of furan rings is 1. The van der Waals surface area contributed by atoms with Crippen LogP contribution in [0.3, 0.4) is 0 Å². The monoisotopic (exact) mass is 348 g/mol. The number of amides is 1. The molecule has 4 aromatic rings. The molecule has 124 valence electrons. The molecule has 0 spiro atoms. The van der Waals surface area contributed by atoms with Crippen molar-refractivity contribution < 1.29 is 9.21 Å². The minimum Gasteiger partial charge on any atom is -0.451 e. The zero-order valence-electron chi connectivity index (χ0n) is 13.5. The molecule has 4 nitrogen and oxygen atoms in total. The molecule has 3 heterocycles. The van der Waals surface area contributed by atoms with Gasteiger partial charge in [0, 0.05) is 11.9 Å². The van der Waals surface area contributed by atoms with E-state index in [4.69, 9.17) is 9.40 Å². The summed E-state index contributed by atoms with van der Waals surface area (Å²) in [5.74, 6) is 0.368. The lowest BCUT2D eigenvalue weighted by Crippen LogP contribution is -2.30. The van der Waals surface area contributed by atoms with E-state index in [-0.39, 0.29) is 11.9 Å². The largest absolute Gasteiger partial charge is 0.451 e. The fraction of sp³-hybridized carbons (Fsp3) is 0.200. The summed E-state index contributed by atoms with van der Waals surface area (Å²) < 4.78 is 6.94. The zero-order valence-corrected chi connectivity index (χ0v) is 14.3. The molecule has 1 aliphatic heterocycles. The van der Waals surface area contributed by atoms with Crippen molar-refractivity contribution in [2.24, 2.45) is 0 Å². The molecule has 0 unspecified atom stereocenters. The fourth-order valence-electron chi connectivity index (χ4n) is 3.53. The van der Waals surface area contributed by atoms with Crippen LogP contribution in [0.25, 0.3) is 21.2 Å². The summed E-state index contributed by atoms with van der Waals surface area (Å²) in [6.45, 7) is 0.746. The fourth-order valence-corrected chi connectivity index (χ4v) is 4.64. The Hall–Kier alpha value is -2.66. The summed E-state index contributed by atoms with van der Waals surface area (Å²) in [6.07, 6.45) is 1.94. The number of nitrogens with zero attached hydrogens (tertiary/aromatic N) is 2. The van der Waals surface area contributed by atoms with E-state index in [0.717, 1.165) is 40.9 Å². The molecule has 1 saturated heterocycles. The van der Waals surface area contributed by atoms with Crippen molar-refractivity contribution >= 4 is 38.4 Å². The molecular weight excluding hydrogens is 332 g/mol. The smallest absolute Gasteiger partial charge is 0.290 e. The van der Waals surface area contributed by atoms with Gasteiger partial charge in [-0.3, -0.25) is 4.79 Å². The number of para-hydroxylation sites is 2. The first-order chi connectivity index (χ1) is 12.3. The molecule has 25 heavy (non-hydrogen) atoms. The van der Waals surface area contributed by atoms with Crippen LogP contribution in [0.1, 0.15) is 34.4 Å². The number of hydrogen-bond donors (Lipinski definition) is 0. The van der Waals surface area contributed by atoms with E-state index >= 15 is 0 Å². The Morgan fingerprint density at radius 3 is 2.88 bits per heavy atom. The SMILES string of the molecule is O=C(c1cc2ccccc2o1)N1CCC[C@H]1c1nc2ccccc2s1. The molecule has 5 heteroatoms. The molecule has 0 N–H and O–H groups in total. The third-order valence-corrected chi connectivity index (χ3v) is 5.88. The van der Waals surface area contributed by atoms with Crippen molar-refractivity contribution in [1.29, 1.82) is 0 Å². The van der Waals surface area contributed by atoms with E-state index in [2.05, 4.69) is 6.07 Å². The van der Waals surface area contributed by atoms with Crippen LogP contribution in [0, 0.1) is 0 Å². The molecule has 0 aliphatic carbocycles. The Morgan fingerprint density at radius 2 is 2.00 bits per heavy atom. The van der Waals surface area contributed by atoms with Gasteiger partial charge < -0.3 is 9.32 Å². The summed E-state index contributed by atoms with van der Waals surface area (Å²) in [4.78, 5) is 19.7. The second kappa shape index (κ2) is 5.70. The third kappa shape index (κ3) is 2.43. The van der Waals surface area contributed by atoms with Gasteiger partial charge in [-0.2, -0.15) is 0 Å². The lowest BCUT2D eigenvalue weighted by Gasteiger charge is -2.21. The number of fused-ring (bicyclic) bond motifs is 2. The van der Waals surface area contributed by atoms with Crippen LogP contribution < -0.4 is 0 Å². The number of rotatable bonds is 2. The van der Waals surface area contributed by atoms with Gasteiger partial charge >= 0.3 is 0 Å². The topological polar surface area (TPSA) is 46.3 Å². The maximum Gasteiger partial charge on any atom is 0.290 e. The van der Waals surface area contributed by atoms with Crippen molar-refractivity contribution in [2.45, 2.75) is 18.9 Å². The van der Waals surface area contributed by atoms with Crippen LogP contribution in [-0.2, 0) is 0 Å². The average molecular weight is 348 g/mol. The molecule has 0 bridgehead atoms. The van der Waals surface area contributed by atoms with Gasteiger partial charge in [-0.15, -0.1) is 11.3 Å². The molecule has 1 fully saturated rings. The molecule has 1 aliphatic rings. The molecule has 2 aromatic carbocycles. The predicted octanol–water partition coefficient (Wildman–Crippen LogP) is 5.02. The zero-order chi connectivity index (χ0) is 16.8. The van der Waals surface area contributed by atoms with Crippen molar-refractivity contribution in [1.82, 2.24) is 9.88 Å². The summed E-state index contributed by atoms with van der Waals surface area (Å²) in [5, 5.41) is 1.98. The maximum absolute atomic E-state index is 13.0. The second-order valence-electron chi connectivity index (χ2n) is 6.32. The number of carbonyl (C=O) groups is 1. The van der Waals surface area contributed by atoms with Gasteiger partial charge in [0.25, 0.3) is 5.91 Å². The van der Waals surface area contributed by atoms with E-state index in [1.54, 1.807) is 11.3 Å². The summed E-state index contributed by atoms with van der Waals surface area (Å²) in [7, 11) is 0. The third-order valence-electron chi connectivity index (χ3n) is 4.75. The molecule has 2 aromatic heterocycles. The van der Waals surface area contributed by atoms with Crippen molar-refractivity contribution in [3.63, 3.8) is 0 Å². The Kier molecular flexibility index (Phi) is 3.35. The highest BCUT2D eigenvalue weighted by atomic mass is 32.1. The first-order valence-corrected chi connectivity index (χ1v) is 9.26. The quantitative estimate of drug-likeness (QED) is 0.511. The minimum absolute atomic E-state index is 0.0399. The number of aromatic nitrogens is 1. The number of benzene rings is 2. The maximum atomic E-state index is 13.0. The summed E-state index contributed by atoms with van der Waals surface area (Å²) in [5.41, 5.74) is 1.76. The molecule has 5 rings (SSSR count). The Labute approximate surface area is 148 Å². The van der Waals surface area contributed by atoms with E-state index < -0.39 is 0 Å². The summed E-state index contributed by atoms with van der Waals surface area (Å²) in [6, 6.07) is 17.7. The molecule has 0 saturated carbocycles. The summed E-state index contributed by atoms with van der Waals surface area (Å²) >= 11 is 1.68. The van der Waals surface area contributed by atoms with Crippen molar-refractivity contribution in [2.75, 3.05) is 6.54 Å². The van der Waals surface area contributed by atoms with Crippen LogP contribution in [0.5, 0.6) is 0 Å². The molecule has 1 atom stereocenters. The first kappa shape index (κ1) is 14.7. The van der Waals surface area contributed by atoms with Gasteiger partial charge in [0.05, 0.1) is 16.3 Å². The lowest BCUT2D eigenvalue weighted by atomic mass is 10.2. The minimum atomic E-state index is -0.0436. The lowest BCUT2D eigenvalue weighted by molar-refractivity contribution is 0.0705. The number of hydrogen-bond acceptors (Lipinski definition) is 4. The normalized spacial score (nSPS) is 17.6. The van der Waals surface area contributed by atoms with Gasteiger partial charge in [-0.25, -0.2) is 4.98 Å². The first-order valence-electron chi connectivity index (χ1n) is 8.44. The number of carbonyl (C=O) groups excluding carboxylic acids is 1. The standard InChI is InChI=1S/C20H16N2O2S/c23-20(17-12-13-6-1-3-9-16(13)24-17)22-11-5-8-15(22)19-21-14-7-2-4-10-18(14)25-19/h1-4,6-7,9-10,12,15H,5,8,11H2/t15-/m0/s1. The van der Waals surface area contributed by atoms with Gasteiger partial charge in [0.2, 0.25) is 0 Å². The average Bonchev–Trinajstić information content (AvgIpc) is 3.36. The van der Waals surface area contributed by atoms with Crippen LogP contribution in [0.2, 0.25) is 0 Å². The van der Waals surface area contributed by atoms with Crippen LogP contribution in [-0.4, -0.2) is 22.3 Å². The highest BCUT2D eigenvalue weighted by Gasteiger charge is 2.34.